The topological polar surface area (TPSA) is 0 Å². The van der Waals surface area contributed by atoms with Gasteiger partial charge in [-0.3, -0.25) is 0 Å². The van der Waals surface area contributed by atoms with Crippen LogP contribution in [0, 0.1) is 0 Å². The summed E-state index contributed by atoms with van der Waals surface area (Å²) in [6.45, 7) is 20.8. The van der Waals surface area contributed by atoms with Gasteiger partial charge in [-0.25, -0.2) is 0 Å². The van der Waals surface area contributed by atoms with Crippen LogP contribution < -0.4 is 0 Å². The SMILES string of the molecule is CC(C)(C)c1cccc(-c2cc3c(c(-c4cccc(C(C)(C)C)c4)c2-c2cccc(C(C)(C)C)c2)Cc2ccccc2-3)c1. The largest absolute Gasteiger partial charge is 0.0619 e. The first-order chi connectivity index (χ1) is 20.2. The maximum atomic E-state index is 2.50. The van der Waals surface area contributed by atoms with Crippen LogP contribution in [0.15, 0.2) is 103 Å². The molecule has 0 spiro atoms. The summed E-state index contributed by atoms with van der Waals surface area (Å²) in [6.07, 6.45) is 0.953. The van der Waals surface area contributed by atoms with E-state index in [0.29, 0.717) is 0 Å². The van der Waals surface area contributed by atoms with E-state index in [1.807, 2.05) is 0 Å². The third kappa shape index (κ3) is 5.49. The summed E-state index contributed by atoms with van der Waals surface area (Å²) in [7, 11) is 0. The van der Waals surface area contributed by atoms with E-state index >= 15 is 0 Å². The van der Waals surface area contributed by atoms with Crippen molar-refractivity contribution in [3.05, 3.63) is 131 Å². The highest BCUT2D eigenvalue weighted by molar-refractivity contribution is 6.02. The van der Waals surface area contributed by atoms with Crippen LogP contribution in [0.2, 0.25) is 0 Å². The van der Waals surface area contributed by atoms with Crippen molar-refractivity contribution in [2.75, 3.05) is 0 Å². The third-order valence-electron chi connectivity index (χ3n) is 9.18. The van der Waals surface area contributed by atoms with Crippen molar-refractivity contribution < 1.29 is 0 Å². The summed E-state index contributed by atoms with van der Waals surface area (Å²) in [5, 5.41) is 0. The van der Waals surface area contributed by atoms with Gasteiger partial charge in [0.25, 0.3) is 0 Å². The first-order valence-electron chi connectivity index (χ1n) is 15.8. The maximum absolute atomic E-state index is 2.50. The fourth-order valence-corrected chi connectivity index (χ4v) is 6.56. The molecule has 0 amide bonds. The molecule has 0 fully saturated rings. The molecule has 0 aliphatic heterocycles. The van der Waals surface area contributed by atoms with Gasteiger partial charge >= 0.3 is 0 Å². The molecule has 0 saturated carbocycles. The number of hydrogen-bond acceptors (Lipinski definition) is 0. The Morgan fingerprint density at radius 3 is 1.40 bits per heavy atom. The minimum absolute atomic E-state index is 0.0571. The van der Waals surface area contributed by atoms with Gasteiger partial charge < -0.3 is 0 Å². The molecule has 1 aliphatic carbocycles. The Labute approximate surface area is 259 Å². The molecule has 43 heavy (non-hydrogen) atoms. The zero-order valence-corrected chi connectivity index (χ0v) is 27.5. The summed E-state index contributed by atoms with van der Waals surface area (Å²) in [4.78, 5) is 0. The molecular weight excluding hydrogens is 516 g/mol. The van der Waals surface area contributed by atoms with E-state index in [2.05, 4.69) is 165 Å². The Kier molecular flexibility index (Phi) is 7.04. The smallest absolute Gasteiger partial charge is 0.000705 e. The molecule has 1 aliphatic rings. The molecule has 0 saturated heterocycles. The highest BCUT2D eigenvalue weighted by Crippen LogP contribution is 2.51. The summed E-state index contributed by atoms with van der Waals surface area (Å²) >= 11 is 0. The second-order valence-corrected chi connectivity index (χ2v) is 15.5. The Balaban J connectivity index is 1.77. The van der Waals surface area contributed by atoms with Crippen LogP contribution in [0.4, 0.5) is 0 Å². The minimum atomic E-state index is 0.0571. The number of benzene rings is 5. The lowest BCUT2D eigenvalue weighted by atomic mass is 9.78. The lowest BCUT2D eigenvalue weighted by Gasteiger charge is -2.26. The monoisotopic (exact) mass is 562 g/mol. The molecule has 0 aromatic heterocycles. The van der Waals surface area contributed by atoms with E-state index in [0.717, 1.165) is 6.42 Å². The van der Waals surface area contributed by atoms with Gasteiger partial charge in [-0.05, 0) is 101 Å². The highest BCUT2D eigenvalue weighted by Gasteiger charge is 2.29. The standard InChI is InChI=1S/C43H46/c1-41(2,3)32-19-12-16-28(23-32)36-27-37-35-22-11-10-15-29(35)26-38(37)40(31-18-14-21-34(25-31)43(7,8)9)39(36)30-17-13-20-33(24-30)42(4,5)6/h10-25,27H,26H2,1-9H3. The van der Waals surface area contributed by atoms with Crippen LogP contribution in [0.1, 0.15) is 90.1 Å². The van der Waals surface area contributed by atoms with Gasteiger partial charge in [-0.1, -0.05) is 159 Å². The second-order valence-electron chi connectivity index (χ2n) is 15.5. The van der Waals surface area contributed by atoms with Crippen molar-refractivity contribution >= 4 is 0 Å². The first kappa shape index (κ1) is 29.2. The molecule has 0 radical (unpaired) electrons. The van der Waals surface area contributed by atoms with E-state index in [9.17, 15) is 0 Å². The van der Waals surface area contributed by atoms with Crippen LogP contribution >= 0.6 is 0 Å². The Hall–Kier alpha value is -3.90. The predicted octanol–water partition coefficient (Wildman–Crippen LogP) is 12.2. The average Bonchev–Trinajstić information content (AvgIpc) is 3.33. The van der Waals surface area contributed by atoms with Crippen LogP contribution in [-0.4, -0.2) is 0 Å². The van der Waals surface area contributed by atoms with Gasteiger partial charge in [0.05, 0.1) is 0 Å². The van der Waals surface area contributed by atoms with Gasteiger partial charge in [0, 0.05) is 0 Å². The van der Waals surface area contributed by atoms with Gasteiger partial charge in [-0.2, -0.15) is 0 Å². The molecule has 6 rings (SSSR count). The zero-order valence-electron chi connectivity index (χ0n) is 27.5. The molecular formula is C43H46. The Morgan fingerprint density at radius 2 is 0.860 bits per heavy atom. The first-order valence-corrected chi connectivity index (χ1v) is 15.8. The van der Waals surface area contributed by atoms with Crippen LogP contribution in [0.5, 0.6) is 0 Å². The van der Waals surface area contributed by atoms with Gasteiger partial charge in [-0.15, -0.1) is 0 Å². The van der Waals surface area contributed by atoms with Crippen molar-refractivity contribution in [1.29, 1.82) is 0 Å². The van der Waals surface area contributed by atoms with E-state index in [1.54, 1.807) is 0 Å². The summed E-state index contributed by atoms with van der Waals surface area (Å²) in [5.74, 6) is 0. The van der Waals surface area contributed by atoms with Crippen molar-refractivity contribution in [3.8, 4) is 44.5 Å². The molecule has 0 unspecified atom stereocenters. The van der Waals surface area contributed by atoms with Gasteiger partial charge in [0.1, 0.15) is 0 Å². The normalized spacial score (nSPS) is 13.1. The molecule has 0 N–H and O–H groups in total. The van der Waals surface area contributed by atoms with Crippen molar-refractivity contribution in [3.63, 3.8) is 0 Å². The molecule has 0 heteroatoms. The van der Waals surface area contributed by atoms with E-state index in [-0.39, 0.29) is 16.2 Å². The van der Waals surface area contributed by atoms with Crippen LogP contribution in [-0.2, 0) is 22.7 Å². The van der Waals surface area contributed by atoms with E-state index < -0.39 is 0 Å². The zero-order chi connectivity index (χ0) is 30.7. The van der Waals surface area contributed by atoms with Crippen LogP contribution in [0.25, 0.3) is 44.5 Å². The number of fused-ring (bicyclic) bond motifs is 3. The van der Waals surface area contributed by atoms with Crippen molar-refractivity contribution in [2.45, 2.75) is 85.0 Å². The lowest BCUT2D eigenvalue weighted by Crippen LogP contribution is -2.12. The summed E-state index contributed by atoms with van der Waals surface area (Å²) in [6, 6.07) is 39.4. The van der Waals surface area contributed by atoms with Gasteiger partial charge in [0.2, 0.25) is 0 Å². The highest BCUT2D eigenvalue weighted by atomic mass is 14.3. The molecule has 5 aromatic rings. The fraction of sp³-hybridized carbons (Fsp3) is 0.302. The molecule has 0 nitrogen and oxygen atoms in total. The second kappa shape index (κ2) is 10.4. The summed E-state index contributed by atoms with van der Waals surface area (Å²) < 4.78 is 0. The molecule has 5 aromatic carbocycles. The summed E-state index contributed by atoms with van der Waals surface area (Å²) in [5.41, 5.74) is 17.8. The Morgan fingerprint density at radius 1 is 0.395 bits per heavy atom. The number of hydrogen-bond donors (Lipinski definition) is 0. The van der Waals surface area contributed by atoms with E-state index in [4.69, 9.17) is 0 Å². The molecule has 0 bridgehead atoms. The maximum Gasteiger partial charge on any atom is -0.000705 e. The van der Waals surface area contributed by atoms with Gasteiger partial charge in [0.15, 0.2) is 0 Å². The minimum Gasteiger partial charge on any atom is -0.0619 e. The lowest BCUT2D eigenvalue weighted by molar-refractivity contribution is 0.590. The molecule has 0 heterocycles. The molecule has 0 atom stereocenters. The predicted molar refractivity (Wildman–Crippen MR) is 187 cm³/mol. The Bertz CT molecular complexity index is 1830. The quantitative estimate of drug-likeness (QED) is 0.201. The third-order valence-corrected chi connectivity index (χ3v) is 9.18. The van der Waals surface area contributed by atoms with Crippen molar-refractivity contribution in [2.24, 2.45) is 0 Å². The fourth-order valence-electron chi connectivity index (χ4n) is 6.56. The molecule has 218 valence electrons. The van der Waals surface area contributed by atoms with E-state index in [1.165, 1.54) is 72.3 Å². The van der Waals surface area contributed by atoms with Crippen LogP contribution in [0.3, 0.4) is 0 Å². The number of rotatable bonds is 3. The van der Waals surface area contributed by atoms with Crippen molar-refractivity contribution in [1.82, 2.24) is 0 Å². The average molecular weight is 563 g/mol.